The first kappa shape index (κ1) is 6.93. The van der Waals surface area contributed by atoms with Crippen molar-refractivity contribution in [3.05, 3.63) is 0 Å². The average Bonchev–Trinajstić information content (AvgIpc) is 2.15. The molecule has 0 aromatic carbocycles. The molecule has 0 N–H and O–H groups in total. The van der Waals surface area contributed by atoms with E-state index in [0.29, 0.717) is 0 Å². The van der Waals surface area contributed by atoms with E-state index >= 15 is 0 Å². The van der Waals surface area contributed by atoms with Crippen molar-refractivity contribution in [2.75, 3.05) is 0 Å². The molecule has 0 aromatic heterocycles. The van der Waals surface area contributed by atoms with Crippen LogP contribution in [0.2, 0.25) is 0 Å². The Labute approximate surface area is 53.0 Å². The van der Waals surface area contributed by atoms with E-state index in [1.165, 1.54) is 0 Å². The van der Waals surface area contributed by atoms with Gasteiger partial charge in [0, 0.05) is 0 Å². The van der Waals surface area contributed by atoms with Gasteiger partial charge in [-0.25, -0.2) is 0 Å². The normalized spacial score (nSPS) is 21.7. The highest BCUT2D eigenvalue weighted by molar-refractivity contribution is 4.65. The van der Waals surface area contributed by atoms with Crippen LogP contribution in [-0.2, 0) is 4.74 Å². The van der Waals surface area contributed by atoms with Crippen LogP contribution in [0, 0.1) is 0 Å². The molecule has 9 heavy (non-hydrogen) atoms. The van der Waals surface area contributed by atoms with E-state index in [1.807, 2.05) is 0 Å². The van der Waals surface area contributed by atoms with Crippen LogP contribution in [0.15, 0.2) is 0 Å². The highest BCUT2D eigenvalue weighted by Crippen LogP contribution is 2.22. The molecular formula is C6H10F2O. The van der Waals surface area contributed by atoms with Crippen molar-refractivity contribution in [1.82, 2.24) is 0 Å². The Morgan fingerprint density at radius 1 is 1.22 bits per heavy atom. The first-order valence-corrected chi connectivity index (χ1v) is 3.22. The van der Waals surface area contributed by atoms with E-state index in [2.05, 4.69) is 4.74 Å². The van der Waals surface area contributed by atoms with Gasteiger partial charge in [-0.2, -0.15) is 8.78 Å². The van der Waals surface area contributed by atoms with Crippen LogP contribution in [-0.4, -0.2) is 12.7 Å². The molecule has 0 aliphatic heterocycles. The minimum atomic E-state index is -2.58. The zero-order valence-electron chi connectivity index (χ0n) is 5.15. The summed E-state index contributed by atoms with van der Waals surface area (Å²) in [4.78, 5) is 0. The van der Waals surface area contributed by atoms with Gasteiger partial charge in [-0.05, 0) is 12.8 Å². The second kappa shape index (κ2) is 3.11. The van der Waals surface area contributed by atoms with Crippen molar-refractivity contribution in [3.63, 3.8) is 0 Å². The van der Waals surface area contributed by atoms with Crippen LogP contribution in [0.25, 0.3) is 0 Å². The van der Waals surface area contributed by atoms with Crippen molar-refractivity contribution in [3.8, 4) is 0 Å². The predicted octanol–water partition coefficient (Wildman–Crippen LogP) is 2.17. The smallest absolute Gasteiger partial charge is 0.320 e. The maximum absolute atomic E-state index is 11.5. The molecule has 0 heterocycles. The Hall–Kier alpha value is -0.180. The van der Waals surface area contributed by atoms with E-state index in [0.717, 1.165) is 25.7 Å². The lowest BCUT2D eigenvalue weighted by Crippen LogP contribution is -2.11. The molecule has 1 aliphatic rings. The fourth-order valence-corrected chi connectivity index (χ4v) is 1.17. The van der Waals surface area contributed by atoms with Gasteiger partial charge in [-0.3, -0.25) is 0 Å². The highest BCUT2D eigenvalue weighted by Gasteiger charge is 2.18. The van der Waals surface area contributed by atoms with Crippen LogP contribution >= 0.6 is 0 Å². The monoisotopic (exact) mass is 136 g/mol. The van der Waals surface area contributed by atoms with Gasteiger partial charge in [0.05, 0.1) is 6.10 Å². The van der Waals surface area contributed by atoms with Crippen molar-refractivity contribution in [2.45, 2.75) is 38.4 Å². The summed E-state index contributed by atoms with van der Waals surface area (Å²) in [5.74, 6) is 0. The summed E-state index contributed by atoms with van der Waals surface area (Å²) >= 11 is 0. The first-order valence-electron chi connectivity index (χ1n) is 3.22. The molecule has 1 aliphatic carbocycles. The van der Waals surface area contributed by atoms with Crippen LogP contribution in [0.3, 0.4) is 0 Å². The number of halogens is 2. The van der Waals surface area contributed by atoms with Crippen LogP contribution in [0.5, 0.6) is 0 Å². The largest absolute Gasteiger partial charge is 0.345 e. The van der Waals surface area contributed by atoms with Crippen molar-refractivity contribution < 1.29 is 13.5 Å². The molecule has 3 heteroatoms. The fourth-order valence-electron chi connectivity index (χ4n) is 1.17. The van der Waals surface area contributed by atoms with E-state index in [-0.39, 0.29) is 6.10 Å². The predicted molar refractivity (Wildman–Crippen MR) is 29.3 cm³/mol. The van der Waals surface area contributed by atoms with Crippen molar-refractivity contribution in [2.24, 2.45) is 0 Å². The maximum atomic E-state index is 11.5. The summed E-state index contributed by atoms with van der Waals surface area (Å²) in [5.41, 5.74) is 0. The molecule has 1 rings (SSSR count). The topological polar surface area (TPSA) is 9.23 Å². The van der Waals surface area contributed by atoms with E-state index < -0.39 is 6.61 Å². The molecule has 1 nitrogen and oxygen atoms in total. The summed E-state index contributed by atoms with van der Waals surface area (Å²) in [6.07, 6.45) is 3.54. The number of alkyl halides is 2. The molecule has 1 fully saturated rings. The molecule has 0 unspecified atom stereocenters. The number of rotatable bonds is 2. The lowest BCUT2D eigenvalue weighted by Gasteiger charge is -2.07. The number of hydrogen-bond acceptors (Lipinski definition) is 1. The SMILES string of the molecule is FC(F)OC1CCCC1. The highest BCUT2D eigenvalue weighted by atomic mass is 19.3. The third kappa shape index (κ3) is 2.26. The molecule has 0 bridgehead atoms. The summed E-state index contributed by atoms with van der Waals surface area (Å²) in [6.45, 7) is -2.58. The molecule has 0 spiro atoms. The lowest BCUT2D eigenvalue weighted by molar-refractivity contribution is -0.160. The first-order chi connectivity index (χ1) is 4.29. The van der Waals surface area contributed by atoms with Gasteiger partial charge < -0.3 is 4.74 Å². The molecule has 0 aromatic rings. The van der Waals surface area contributed by atoms with Crippen molar-refractivity contribution in [1.29, 1.82) is 0 Å². The molecule has 0 amide bonds. The average molecular weight is 136 g/mol. The molecular weight excluding hydrogens is 126 g/mol. The van der Waals surface area contributed by atoms with Gasteiger partial charge in [-0.1, -0.05) is 12.8 Å². The zero-order valence-corrected chi connectivity index (χ0v) is 5.15. The Kier molecular flexibility index (Phi) is 2.39. The quantitative estimate of drug-likeness (QED) is 0.565. The van der Waals surface area contributed by atoms with Gasteiger partial charge >= 0.3 is 6.61 Å². The minimum absolute atomic E-state index is 0.162. The van der Waals surface area contributed by atoms with Crippen LogP contribution in [0.1, 0.15) is 25.7 Å². The third-order valence-electron chi connectivity index (χ3n) is 1.60. The molecule has 1 saturated carbocycles. The van der Waals surface area contributed by atoms with E-state index in [1.54, 1.807) is 0 Å². The second-order valence-corrected chi connectivity index (χ2v) is 2.30. The summed E-state index contributed by atoms with van der Waals surface area (Å²) in [7, 11) is 0. The molecule has 0 saturated heterocycles. The summed E-state index contributed by atoms with van der Waals surface area (Å²) in [6, 6.07) is 0. The molecule has 0 radical (unpaired) electrons. The van der Waals surface area contributed by atoms with Crippen molar-refractivity contribution >= 4 is 0 Å². The minimum Gasteiger partial charge on any atom is -0.320 e. The summed E-state index contributed by atoms with van der Waals surface area (Å²) < 4.78 is 27.2. The van der Waals surface area contributed by atoms with Crippen LogP contribution < -0.4 is 0 Å². The Bertz CT molecular complexity index is 79.1. The molecule has 54 valence electrons. The fraction of sp³-hybridized carbons (Fsp3) is 1.00. The third-order valence-corrected chi connectivity index (χ3v) is 1.60. The van der Waals surface area contributed by atoms with Crippen LogP contribution in [0.4, 0.5) is 8.78 Å². The standard InChI is InChI=1S/C6H10F2O/c7-6(8)9-5-3-1-2-4-5/h5-6H,1-4H2. The Morgan fingerprint density at radius 2 is 1.78 bits per heavy atom. The Morgan fingerprint density at radius 3 is 2.22 bits per heavy atom. The second-order valence-electron chi connectivity index (χ2n) is 2.30. The number of ether oxygens (including phenoxy) is 1. The number of hydrogen-bond donors (Lipinski definition) is 0. The lowest BCUT2D eigenvalue weighted by atomic mass is 10.3. The molecule has 0 atom stereocenters. The van der Waals surface area contributed by atoms with Gasteiger partial charge in [-0.15, -0.1) is 0 Å². The Balaban J connectivity index is 2.11. The van der Waals surface area contributed by atoms with Gasteiger partial charge in [0.2, 0.25) is 0 Å². The van der Waals surface area contributed by atoms with Gasteiger partial charge in [0.25, 0.3) is 0 Å². The van der Waals surface area contributed by atoms with E-state index in [9.17, 15) is 8.78 Å². The van der Waals surface area contributed by atoms with Gasteiger partial charge in [0.1, 0.15) is 0 Å². The van der Waals surface area contributed by atoms with Gasteiger partial charge in [0.15, 0.2) is 0 Å². The maximum Gasteiger partial charge on any atom is 0.345 e. The zero-order chi connectivity index (χ0) is 6.69. The van der Waals surface area contributed by atoms with E-state index in [4.69, 9.17) is 0 Å². The summed E-state index contributed by atoms with van der Waals surface area (Å²) in [5, 5.41) is 0.